The number of fused-ring (bicyclic) bond motifs is 1. The number of methoxy groups -OCH3 is 1. The van der Waals surface area contributed by atoms with Crippen molar-refractivity contribution in [2.45, 2.75) is 24.3 Å². The summed E-state index contributed by atoms with van der Waals surface area (Å²) in [6.45, 7) is 0.600. The van der Waals surface area contributed by atoms with E-state index >= 15 is 0 Å². The number of ether oxygens (including phenoxy) is 2. The van der Waals surface area contributed by atoms with Gasteiger partial charge in [0.25, 0.3) is 0 Å². The molecule has 2 aromatic carbocycles. The Kier molecular flexibility index (Phi) is 6.03. The zero-order valence-electron chi connectivity index (χ0n) is 16.5. The van der Waals surface area contributed by atoms with Gasteiger partial charge in [0.2, 0.25) is 10.0 Å². The molecule has 0 unspecified atom stereocenters. The minimum Gasteiger partial charge on any atom is -0.497 e. The van der Waals surface area contributed by atoms with Crippen LogP contribution in [-0.2, 0) is 26.2 Å². The van der Waals surface area contributed by atoms with Crippen LogP contribution in [0.25, 0.3) is 10.2 Å². The molecule has 0 radical (unpaired) electrons. The number of rotatable bonds is 6. The Morgan fingerprint density at radius 1 is 1.20 bits per heavy atom. The average molecular weight is 447 g/mol. The summed E-state index contributed by atoms with van der Waals surface area (Å²) < 4.78 is 38.9. The van der Waals surface area contributed by atoms with Crippen molar-refractivity contribution in [1.82, 2.24) is 9.29 Å². The summed E-state index contributed by atoms with van der Waals surface area (Å²) in [5.74, 6) is -0.283. The van der Waals surface area contributed by atoms with Gasteiger partial charge >= 0.3 is 5.97 Å². The summed E-state index contributed by atoms with van der Waals surface area (Å²) in [7, 11) is -2.15. The number of carbonyl (C=O) groups excluding carboxylic acids is 1. The maximum absolute atomic E-state index is 13.0. The van der Waals surface area contributed by atoms with E-state index in [1.807, 2.05) is 24.3 Å². The Morgan fingerprint density at radius 3 is 2.70 bits per heavy atom. The van der Waals surface area contributed by atoms with Gasteiger partial charge in [-0.15, -0.1) is 11.3 Å². The van der Waals surface area contributed by atoms with Crippen molar-refractivity contribution in [3.8, 4) is 5.75 Å². The van der Waals surface area contributed by atoms with E-state index < -0.39 is 15.9 Å². The Bertz CT molecular complexity index is 1110. The van der Waals surface area contributed by atoms with E-state index in [0.29, 0.717) is 25.1 Å². The number of carbonyl (C=O) groups is 1. The maximum atomic E-state index is 13.0. The van der Waals surface area contributed by atoms with E-state index in [1.165, 1.54) is 34.9 Å². The van der Waals surface area contributed by atoms with Crippen LogP contribution in [0.5, 0.6) is 5.75 Å². The molecular formula is C21H22N2O5S2. The second kappa shape index (κ2) is 8.71. The fourth-order valence-corrected chi connectivity index (χ4v) is 5.89. The Balaban J connectivity index is 1.40. The quantitative estimate of drug-likeness (QED) is 0.539. The molecule has 1 atom stereocenters. The van der Waals surface area contributed by atoms with Crippen molar-refractivity contribution >= 4 is 37.5 Å². The van der Waals surface area contributed by atoms with Gasteiger partial charge in [-0.2, -0.15) is 4.31 Å². The molecule has 1 aliphatic rings. The summed E-state index contributed by atoms with van der Waals surface area (Å²) in [5.41, 5.74) is 0.878. The largest absolute Gasteiger partial charge is 0.497 e. The number of benzene rings is 2. The molecule has 1 fully saturated rings. The Morgan fingerprint density at radius 2 is 1.97 bits per heavy atom. The maximum Gasteiger partial charge on any atom is 0.310 e. The van der Waals surface area contributed by atoms with Gasteiger partial charge < -0.3 is 9.47 Å². The van der Waals surface area contributed by atoms with Gasteiger partial charge in [0.1, 0.15) is 17.4 Å². The highest BCUT2D eigenvalue weighted by molar-refractivity contribution is 7.89. The lowest BCUT2D eigenvalue weighted by atomic mass is 10.0. The summed E-state index contributed by atoms with van der Waals surface area (Å²) in [4.78, 5) is 17.2. The van der Waals surface area contributed by atoms with E-state index in [2.05, 4.69) is 4.98 Å². The third kappa shape index (κ3) is 4.33. The molecular weight excluding hydrogens is 424 g/mol. The second-order valence-corrected chi connectivity index (χ2v) is 10.1. The summed E-state index contributed by atoms with van der Waals surface area (Å²) >= 11 is 1.49. The first kappa shape index (κ1) is 20.8. The van der Waals surface area contributed by atoms with Crippen LogP contribution in [0, 0.1) is 5.92 Å². The molecule has 0 spiro atoms. The van der Waals surface area contributed by atoms with Crippen LogP contribution in [0.3, 0.4) is 0 Å². The molecule has 0 aliphatic carbocycles. The number of sulfonamides is 1. The number of thiazole rings is 1. The van der Waals surface area contributed by atoms with Crippen LogP contribution < -0.4 is 4.74 Å². The smallest absolute Gasteiger partial charge is 0.310 e. The molecule has 1 aliphatic heterocycles. The Labute approximate surface area is 179 Å². The van der Waals surface area contributed by atoms with E-state index in [1.54, 1.807) is 12.1 Å². The number of nitrogens with zero attached hydrogens (tertiary/aromatic N) is 2. The van der Waals surface area contributed by atoms with E-state index in [9.17, 15) is 13.2 Å². The highest BCUT2D eigenvalue weighted by atomic mass is 32.2. The fraction of sp³-hybridized carbons (Fsp3) is 0.333. The van der Waals surface area contributed by atoms with E-state index in [0.717, 1.165) is 15.2 Å². The van der Waals surface area contributed by atoms with Gasteiger partial charge in [-0.1, -0.05) is 12.1 Å². The zero-order valence-corrected chi connectivity index (χ0v) is 18.1. The molecule has 158 valence electrons. The lowest BCUT2D eigenvalue weighted by Gasteiger charge is -2.30. The first-order chi connectivity index (χ1) is 14.5. The molecule has 9 heteroatoms. The zero-order chi connectivity index (χ0) is 21.1. The molecule has 3 aromatic rings. The molecule has 0 saturated carbocycles. The molecule has 4 rings (SSSR count). The lowest BCUT2D eigenvalue weighted by molar-refractivity contribution is -0.151. The normalized spacial score (nSPS) is 17.7. The van der Waals surface area contributed by atoms with Gasteiger partial charge in [0, 0.05) is 13.1 Å². The number of aromatic nitrogens is 1. The predicted molar refractivity (Wildman–Crippen MR) is 114 cm³/mol. The van der Waals surface area contributed by atoms with Crippen LogP contribution in [0.2, 0.25) is 0 Å². The number of hydrogen-bond donors (Lipinski definition) is 0. The van der Waals surface area contributed by atoms with E-state index in [4.69, 9.17) is 9.47 Å². The molecule has 2 heterocycles. The van der Waals surface area contributed by atoms with Gasteiger partial charge in [0.15, 0.2) is 0 Å². The fourth-order valence-electron chi connectivity index (χ4n) is 3.48. The Hall–Kier alpha value is -2.49. The number of esters is 1. The van der Waals surface area contributed by atoms with E-state index in [-0.39, 0.29) is 24.0 Å². The van der Waals surface area contributed by atoms with Gasteiger partial charge in [-0.25, -0.2) is 13.4 Å². The summed E-state index contributed by atoms with van der Waals surface area (Å²) in [5, 5.41) is 0.725. The summed E-state index contributed by atoms with van der Waals surface area (Å²) in [6, 6.07) is 14.0. The van der Waals surface area contributed by atoms with Gasteiger partial charge in [0.05, 0.1) is 28.1 Å². The number of para-hydroxylation sites is 1. The molecule has 0 bridgehead atoms. The second-order valence-electron chi connectivity index (χ2n) is 7.06. The highest BCUT2D eigenvalue weighted by Crippen LogP contribution is 2.27. The highest BCUT2D eigenvalue weighted by Gasteiger charge is 2.34. The van der Waals surface area contributed by atoms with Crippen molar-refractivity contribution in [3.05, 3.63) is 53.5 Å². The van der Waals surface area contributed by atoms with Gasteiger partial charge in [-0.05, 0) is 49.2 Å². The standard InChI is InChI=1S/C21H22N2O5S2/c1-27-16-8-10-17(11-9-16)30(25,26)23-12-4-5-15(13-23)21(24)28-14-20-22-18-6-2-3-7-19(18)29-20/h2-3,6-11,15H,4-5,12-14H2,1H3/t15-/m0/s1. The SMILES string of the molecule is COc1ccc(S(=O)(=O)N2CCC[C@H](C(=O)OCc3nc4ccccc4s3)C2)cc1. The third-order valence-electron chi connectivity index (χ3n) is 5.09. The lowest BCUT2D eigenvalue weighted by Crippen LogP contribution is -2.42. The minimum absolute atomic E-state index is 0.0971. The summed E-state index contributed by atoms with van der Waals surface area (Å²) in [6.07, 6.45) is 1.21. The first-order valence-electron chi connectivity index (χ1n) is 9.62. The number of hydrogen-bond acceptors (Lipinski definition) is 7. The molecule has 7 nitrogen and oxygen atoms in total. The molecule has 0 amide bonds. The average Bonchev–Trinajstić information content (AvgIpc) is 3.20. The van der Waals surface area contributed by atoms with Gasteiger partial charge in [-0.3, -0.25) is 4.79 Å². The monoisotopic (exact) mass is 446 g/mol. The van der Waals surface area contributed by atoms with Crippen LogP contribution in [0.15, 0.2) is 53.4 Å². The molecule has 1 aromatic heterocycles. The van der Waals surface area contributed by atoms with Crippen molar-refractivity contribution in [2.75, 3.05) is 20.2 Å². The van der Waals surface area contributed by atoms with Crippen molar-refractivity contribution in [1.29, 1.82) is 0 Å². The predicted octanol–water partition coefficient (Wildman–Crippen LogP) is 3.45. The molecule has 30 heavy (non-hydrogen) atoms. The van der Waals surface area contributed by atoms with Crippen molar-refractivity contribution in [3.63, 3.8) is 0 Å². The third-order valence-corrected chi connectivity index (χ3v) is 7.98. The van der Waals surface area contributed by atoms with Crippen LogP contribution >= 0.6 is 11.3 Å². The topological polar surface area (TPSA) is 85.8 Å². The van der Waals surface area contributed by atoms with Crippen molar-refractivity contribution in [2.24, 2.45) is 5.92 Å². The number of piperidine rings is 1. The van der Waals surface area contributed by atoms with Crippen LogP contribution in [0.1, 0.15) is 17.8 Å². The molecule has 0 N–H and O–H groups in total. The van der Waals surface area contributed by atoms with Crippen molar-refractivity contribution < 1.29 is 22.7 Å². The van der Waals surface area contributed by atoms with Crippen LogP contribution in [0.4, 0.5) is 0 Å². The van der Waals surface area contributed by atoms with Crippen LogP contribution in [-0.4, -0.2) is 43.9 Å². The minimum atomic E-state index is -3.68. The molecule has 1 saturated heterocycles. The first-order valence-corrected chi connectivity index (χ1v) is 11.9.